The lowest BCUT2D eigenvalue weighted by atomic mass is 10.4. The molecule has 0 unspecified atom stereocenters. The van der Waals surface area contributed by atoms with Crippen molar-refractivity contribution in [2.45, 2.75) is 48.5 Å². The van der Waals surface area contributed by atoms with E-state index in [1.54, 1.807) is 17.3 Å². The minimum Gasteiger partial charge on any atom is -0.310 e. The summed E-state index contributed by atoms with van der Waals surface area (Å²) in [7, 11) is 0. The molecule has 0 spiro atoms. The van der Waals surface area contributed by atoms with Crippen LogP contribution in [0.4, 0.5) is 0 Å². The molecule has 96 valence electrons. The van der Waals surface area contributed by atoms with Crippen LogP contribution in [-0.4, -0.2) is 10.7 Å². The average Bonchev–Trinajstić information content (AvgIpc) is 2.34. The van der Waals surface area contributed by atoms with Crippen molar-refractivity contribution >= 4 is 5.84 Å². The van der Waals surface area contributed by atoms with Gasteiger partial charge in [0, 0.05) is 12.4 Å². The minimum atomic E-state index is 0. The summed E-state index contributed by atoms with van der Waals surface area (Å²) in [6, 6.07) is 0. The molecule has 0 aliphatic heterocycles. The van der Waals surface area contributed by atoms with Crippen molar-refractivity contribution in [2.75, 3.05) is 0 Å². The molecule has 16 heavy (non-hydrogen) atoms. The van der Waals surface area contributed by atoms with Crippen LogP contribution in [0.15, 0.2) is 37.7 Å². The third-order valence-corrected chi connectivity index (χ3v) is 1.17. The van der Waals surface area contributed by atoms with Crippen molar-refractivity contribution in [1.82, 2.24) is 4.90 Å². The molecule has 0 saturated carbocycles. The zero-order valence-electron chi connectivity index (χ0n) is 10.9. The second-order valence-corrected chi connectivity index (χ2v) is 1.97. The number of hydrogen-bond acceptors (Lipinski definition) is 1. The van der Waals surface area contributed by atoms with E-state index in [9.17, 15) is 0 Å². The van der Waals surface area contributed by atoms with E-state index in [4.69, 9.17) is 5.41 Å². The van der Waals surface area contributed by atoms with Crippen molar-refractivity contribution in [3.05, 3.63) is 37.7 Å². The summed E-state index contributed by atoms with van der Waals surface area (Å²) < 4.78 is 0. The van der Waals surface area contributed by atoms with Gasteiger partial charge in [0.05, 0.1) is 0 Å². The van der Waals surface area contributed by atoms with Crippen molar-refractivity contribution in [3.63, 3.8) is 0 Å². The standard InChI is InChI=1S/C9H14N2.2C2H6.CH4/c1-4-7-8-11(6-3)9(10)5-2;2*1-2;/h5-8,10H,2-4H2,1H3;2*1-2H3;1H4/b8-7-,10-9?;;;. The summed E-state index contributed by atoms with van der Waals surface area (Å²) in [5, 5.41) is 7.36. The van der Waals surface area contributed by atoms with Gasteiger partial charge in [-0.2, -0.15) is 0 Å². The summed E-state index contributed by atoms with van der Waals surface area (Å²) in [6.07, 6.45) is 7.77. The fourth-order valence-electron chi connectivity index (χ4n) is 0.564. The maximum absolute atomic E-state index is 7.36. The van der Waals surface area contributed by atoms with Crippen LogP contribution in [-0.2, 0) is 0 Å². The largest absolute Gasteiger partial charge is 0.310 e. The molecule has 0 amide bonds. The second kappa shape index (κ2) is 23.5. The topological polar surface area (TPSA) is 27.1 Å². The van der Waals surface area contributed by atoms with Crippen LogP contribution < -0.4 is 0 Å². The molecular weight excluding hydrogens is 196 g/mol. The molecule has 0 radical (unpaired) electrons. The zero-order valence-corrected chi connectivity index (χ0v) is 10.9. The van der Waals surface area contributed by atoms with Crippen molar-refractivity contribution in [1.29, 1.82) is 5.41 Å². The molecule has 0 aromatic heterocycles. The smallest absolute Gasteiger partial charge is 0.128 e. The van der Waals surface area contributed by atoms with Crippen LogP contribution >= 0.6 is 0 Å². The zero-order chi connectivity index (χ0) is 12.7. The molecule has 0 aliphatic carbocycles. The van der Waals surface area contributed by atoms with E-state index in [1.165, 1.54) is 6.08 Å². The van der Waals surface area contributed by atoms with Gasteiger partial charge in [-0.15, -0.1) is 0 Å². The van der Waals surface area contributed by atoms with Crippen LogP contribution in [0.25, 0.3) is 0 Å². The molecule has 0 rings (SSSR count). The Morgan fingerprint density at radius 1 is 1.19 bits per heavy atom. The summed E-state index contributed by atoms with van der Waals surface area (Å²) in [4.78, 5) is 1.61. The number of nitrogens with one attached hydrogen (secondary N) is 1. The predicted molar refractivity (Wildman–Crippen MR) is 78.8 cm³/mol. The van der Waals surface area contributed by atoms with Gasteiger partial charge in [-0.25, -0.2) is 0 Å². The van der Waals surface area contributed by atoms with E-state index >= 15 is 0 Å². The SMILES string of the molecule is C.C=CC(=N)N(C=C)/C=C\CC.CC.CC. The third kappa shape index (κ3) is 15.2. The van der Waals surface area contributed by atoms with Crippen molar-refractivity contribution < 1.29 is 0 Å². The molecule has 0 aliphatic rings. The normalized spacial score (nSPS) is 7.31. The van der Waals surface area contributed by atoms with E-state index in [0.717, 1.165) is 6.42 Å². The quantitative estimate of drug-likeness (QED) is 0.517. The first-order valence-corrected chi connectivity index (χ1v) is 5.54. The van der Waals surface area contributed by atoms with Gasteiger partial charge < -0.3 is 4.90 Å². The Morgan fingerprint density at radius 3 is 1.88 bits per heavy atom. The molecule has 2 heteroatoms. The monoisotopic (exact) mass is 226 g/mol. The van der Waals surface area contributed by atoms with Gasteiger partial charge in [-0.1, -0.05) is 61.3 Å². The highest BCUT2D eigenvalue weighted by atomic mass is 15.1. The summed E-state index contributed by atoms with van der Waals surface area (Å²) >= 11 is 0. The number of amidine groups is 1. The fourth-order valence-corrected chi connectivity index (χ4v) is 0.564. The van der Waals surface area contributed by atoms with E-state index in [2.05, 4.69) is 13.2 Å². The van der Waals surface area contributed by atoms with Crippen molar-refractivity contribution in [2.24, 2.45) is 0 Å². The fraction of sp³-hybridized carbons (Fsp3) is 0.500. The highest BCUT2D eigenvalue weighted by Gasteiger charge is 1.94. The number of rotatable bonds is 4. The third-order valence-electron chi connectivity index (χ3n) is 1.17. The maximum Gasteiger partial charge on any atom is 0.128 e. The van der Waals surface area contributed by atoms with Crippen LogP contribution in [0.1, 0.15) is 48.5 Å². The van der Waals surface area contributed by atoms with E-state index in [-0.39, 0.29) is 7.43 Å². The van der Waals surface area contributed by atoms with Gasteiger partial charge in [-0.3, -0.25) is 5.41 Å². The minimum absolute atomic E-state index is 0. The Balaban J connectivity index is -0.000000129. The number of allylic oxidation sites excluding steroid dienone is 1. The maximum atomic E-state index is 7.36. The molecule has 0 aromatic rings. The lowest BCUT2D eigenvalue weighted by Crippen LogP contribution is -2.15. The van der Waals surface area contributed by atoms with Crippen LogP contribution in [0.5, 0.6) is 0 Å². The highest BCUT2D eigenvalue weighted by molar-refractivity contribution is 5.91. The molecule has 0 atom stereocenters. The molecule has 0 bridgehead atoms. The van der Waals surface area contributed by atoms with Crippen LogP contribution in [0.3, 0.4) is 0 Å². The molecule has 1 N–H and O–H groups in total. The van der Waals surface area contributed by atoms with Gasteiger partial charge in [0.25, 0.3) is 0 Å². The first-order valence-electron chi connectivity index (χ1n) is 5.54. The number of hydrogen-bond donors (Lipinski definition) is 1. The Morgan fingerprint density at radius 2 is 1.62 bits per heavy atom. The van der Waals surface area contributed by atoms with E-state index in [1.807, 2.05) is 40.7 Å². The predicted octanol–water partition coefficient (Wildman–Crippen LogP) is 5.21. The summed E-state index contributed by atoms with van der Waals surface area (Å²) in [5.41, 5.74) is 0. The first kappa shape index (κ1) is 24.1. The van der Waals surface area contributed by atoms with Gasteiger partial charge in [0.15, 0.2) is 0 Å². The molecule has 0 aromatic carbocycles. The van der Waals surface area contributed by atoms with Crippen molar-refractivity contribution in [3.8, 4) is 0 Å². The summed E-state index contributed by atoms with van der Waals surface area (Å²) in [5.74, 6) is 0.338. The lowest BCUT2D eigenvalue weighted by molar-refractivity contribution is 0.755. The Hall–Kier alpha value is -1.31. The molecule has 0 saturated heterocycles. The first-order chi connectivity index (χ1) is 7.26. The summed E-state index contributed by atoms with van der Waals surface area (Å²) in [6.45, 7) is 17.1. The van der Waals surface area contributed by atoms with Crippen LogP contribution in [0, 0.1) is 5.41 Å². The van der Waals surface area contributed by atoms with E-state index in [0.29, 0.717) is 5.84 Å². The Kier molecular flexibility index (Phi) is 35.4. The molecular formula is C14H30N2. The van der Waals surface area contributed by atoms with Gasteiger partial charge in [0.2, 0.25) is 0 Å². The van der Waals surface area contributed by atoms with Gasteiger partial charge in [-0.05, 0) is 12.5 Å². The average molecular weight is 226 g/mol. The molecule has 2 nitrogen and oxygen atoms in total. The Labute approximate surface area is 103 Å². The highest BCUT2D eigenvalue weighted by Crippen LogP contribution is 1.94. The Bertz CT molecular complexity index is 181. The lowest BCUT2D eigenvalue weighted by Gasteiger charge is -2.11. The molecule has 0 heterocycles. The van der Waals surface area contributed by atoms with Gasteiger partial charge in [0.1, 0.15) is 5.84 Å². The molecule has 0 fully saturated rings. The van der Waals surface area contributed by atoms with E-state index < -0.39 is 0 Å². The van der Waals surface area contributed by atoms with Gasteiger partial charge >= 0.3 is 0 Å². The van der Waals surface area contributed by atoms with Crippen LogP contribution in [0.2, 0.25) is 0 Å². The second-order valence-electron chi connectivity index (χ2n) is 1.97. The number of nitrogens with zero attached hydrogens (tertiary/aromatic N) is 1.